The molecule has 1 N–H and O–H groups in total. The van der Waals surface area contributed by atoms with E-state index in [2.05, 4.69) is 0 Å². The molecule has 1 unspecified atom stereocenters. The standard InChI is InChI=1S/C19H22O10/c1-10(21)25-9-17-19(27-12(3)23)16(26-11(2)22)7-18(29-17)28-14-5-4-13(8-20)15(24)6-14/h4-6,8,16-19,24H,7,9H2,1-3H3/t16-,17?,18-,19+/m1/s1. The number of benzene rings is 1. The van der Waals surface area contributed by atoms with Gasteiger partial charge in [0, 0.05) is 26.8 Å². The quantitative estimate of drug-likeness (QED) is 0.396. The van der Waals surface area contributed by atoms with Crippen molar-refractivity contribution in [2.24, 2.45) is 0 Å². The molecule has 2 rings (SSSR count). The lowest BCUT2D eigenvalue weighted by Gasteiger charge is -2.39. The van der Waals surface area contributed by atoms with Crippen molar-refractivity contribution in [3.63, 3.8) is 0 Å². The number of phenols is 1. The van der Waals surface area contributed by atoms with Crippen LogP contribution in [0, 0.1) is 0 Å². The summed E-state index contributed by atoms with van der Waals surface area (Å²) in [5.41, 5.74) is 0.0855. The summed E-state index contributed by atoms with van der Waals surface area (Å²) in [6.45, 7) is 3.33. The third-order valence-electron chi connectivity index (χ3n) is 3.95. The third-order valence-corrected chi connectivity index (χ3v) is 3.95. The van der Waals surface area contributed by atoms with Gasteiger partial charge in [0.1, 0.15) is 30.3 Å². The van der Waals surface area contributed by atoms with Gasteiger partial charge < -0.3 is 28.8 Å². The normalized spacial score (nSPS) is 23.6. The second kappa shape index (κ2) is 9.87. The molecule has 0 radical (unpaired) electrons. The van der Waals surface area contributed by atoms with Gasteiger partial charge in [0.05, 0.1) is 12.0 Å². The summed E-state index contributed by atoms with van der Waals surface area (Å²) >= 11 is 0. The minimum absolute atomic E-state index is 0.00426. The highest BCUT2D eigenvalue weighted by Crippen LogP contribution is 2.30. The molecule has 0 spiro atoms. The number of aldehydes is 1. The highest BCUT2D eigenvalue weighted by Gasteiger charge is 2.44. The Balaban J connectivity index is 2.23. The summed E-state index contributed by atoms with van der Waals surface area (Å²) < 4.78 is 26.9. The van der Waals surface area contributed by atoms with E-state index in [0.29, 0.717) is 6.29 Å². The molecular weight excluding hydrogens is 388 g/mol. The first-order valence-electron chi connectivity index (χ1n) is 8.77. The van der Waals surface area contributed by atoms with Crippen molar-refractivity contribution in [1.29, 1.82) is 0 Å². The maximum atomic E-state index is 11.5. The molecule has 10 nitrogen and oxygen atoms in total. The van der Waals surface area contributed by atoms with Crippen LogP contribution in [0.3, 0.4) is 0 Å². The number of ether oxygens (including phenoxy) is 5. The zero-order chi connectivity index (χ0) is 21.6. The summed E-state index contributed by atoms with van der Waals surface area (Å²) in [7, 11) is 0. The van der Waals surface area contributed by atoms with E-state index >= 15 is 0 Å². The summed E-state index contributed by atoms with van der Waals surface area (Å²) in [5, 5.41) is 9.79. The first-order chi connectivity index (χ1) is 13.7. The predicted octanol–water partition coefficient (Wildman–Crippen LogP) is 1.12. The zero-order valence-corrected chi connectivity index (χ0v) is 16.2. The van der Waals surface area contributed by atoms with Crippen molar-refractivity contribution < 1.29 is 48.0 Å². The Morgan fingerprint density at radius 1 is 1.14 bits per heavy atom. The Hall–Kier alpha value is -3.14. The largest absolute Gasteiger partial charge is 0.507 e. The number of hydrogen-bond acceptors (Lipinski definition) is 10. The zero-order valence-electron chi connectivity index (χ0n) is 16.2. The monoisotopic (exact) mass is 410 g/mol. The average molecular weight is 410 g/mol. The van der Waals surface area contributed by atoms with Crippen LogP contribution in [0.15, 0.2) is 18.2 Å². The molecule has 1 fully saturated rings. The first kappa shape index (κ1) is 22.2. The van der Waals surface area contributed by atoms with Crippen LogP contribution < -0.4 is 4.74 Å². The maximum Gasteiger partial charge on any atom is 0.303 e. The van der Waals surface area contributed by atoms with Crippen molar-refractivity contribution in [3.05, 3.63) is 23.8 Å². The van der Waals surface area contributed by atoms with E-state index in [0.717, 1.165) is 0 Å². The summed E-state index contributed by atoms with van der Waals surface area (Å²) in [6, 6.07) is 4.04. The van der Waals surface area contributed by atoms with E-state index in [-0.39, 0.29) is 30.1 Å². The number of carbonyl (C=O) groups is 4. The summed E-state index contributed by atoms with van der Waals surface area (Å²) in [5.74, 6) is -1.89. The number of esters is 3. The molecule has 0 bridgehead atoms. The van der Waals surface area contributed by atoms with E-state index in [4.69, 9.17) is 23.7 Å². The fourth-order valence-electron chi connectivity index (χ4n) is 2.82. The van der Waals surface area contributed by atoms with Crippen LogP contribution in [0.2, 0.25) is 0 Å². The van der Waals surface area contributed by atoms with Gasteiger partial charge in [-0.15, -0.1) is 0 Å². The van der Waals surface area contributed by atoms with Crippen LogP contribution in [-0.2, 0) is 33.3 Å². The minimum Gasteiger partial charge on any atom is -0.507 e. The molecule has 1 aromatic rings. The predicted molar refractivity (Wildman–Crippen MR) is 95.1 cm³/mol. The van der Waals surface area contributed by atoms with Gasteiger partial charge in [-0.3, -0.25) is 19.2 Å². The molecule has 0 amide bonds. The Kier molecular flexibility index (Phi) is 7.54. The van der Waals surface area contributed by atoms with E-state index in [9.17, 15) is 24.3 Å². The third kappa shape index (κ3) is 6.46. The molecule has 1 aliphatic heterocycles. The average Bonchev–Trinajstić information content (AvgIpc) is 2.61. The molecule has 0 aliphatic carbocycles. The molecule has 0 saturated carbocycles. The Morgan fingerprint density at radius 3 is 2.38 bits per heavy atom. The SMILES string of the molecule is CC(=O)OCC1O[C@@H](Oc2ccc(C=O)c(O)c2)C[C@@H](OC(C)=O)[C@@H]1OC(C)=O. The number of phenolic OH excluding ortho intramolecular Hbond substituents is 1. The fourth-order valence-corrected chi connectivity index (χ4v) is 2.82. The van der Waals surface area contributed by atoms with Crippen molar-refractivity contribution in [2.45, 2.75) is 51.8 Å². The lowest BCUT2D eigenvalue weighted by molar-refractivity contribution is -0.245. The Labute approximate surface area is 166 Å². The van der Waals surface area contributed by atoms with Gasteiger partial charge in [-0.2, -0.15) is 0 Å². The van der Waals surface area contributed by atoms with E-state index in [1.54, 1.807) is 0 Å². The van der Waals surface area contributed by atoms with Gasteiger partial charge in [-0.05, 0) is 12.1 Å². The van der Waals surface area contributed by atoms with Gasteiger partial charge in [0.15, 0.2) is 12.4 Å². The molecule has 29 heavy (non-hydrogen) atoms. The van der Waals surface area contributed by atoms with E-state index in [1.165, 1.54) is 39.0 Å². The number of rotatable bonds is 7. The highest BCUT2D eigenvalue weighted by molar-refractivity contribution is 5.79. The smallest absolute Gasteiger partial charge is 0.303 e. The van der Waals surface area contributed by atoms with E-state index in [1.807, 2.05) is 0 Å². The van der Waals surface area contributed by atoms with Crippen LogP contribution >= 0.6 is 0 Å². The van der Waals surface area contributed by atoms with Gasteiger partial charge in [0.25, 0.3) is 0 Å². The number of hydrogen-bond donors (Lipinski definition) is 1. The Bertz CT molecular complexity index is 774. The highest BCUT2D eigenvalue weighted by atomic mass is 16.7. The molecule has 1 saturated heterocycles. The van der Waals surface area contributed by atoms with Crippen LogP contribution in [0.4, 0.5) is 0 Å². The van der Waals surface area contributed by atoms with Gasteiger partial charge in [0.2, 0.25) is 6.29 Å². The maximum absolute atomic E-state index is 11.5. The van der Waals surface area contributed by atoms with Gasteiger partial charge in [-0.25, -0.2) is 0 Å². The van der Waals surface area contributed by atoms with Crippen molar-refractivity contribution in [1.82, 2.24) is 0 Å². The molecule has 0 aromatic heterocycles. The van der Waals surface area contributed by atoms with Crippen molar-refractivity contribution >= 4 is 24.2 Å². The molecule has 158 valence electrons. The lowest BCUT2D eigenvalue weighted by atomic mass is 10.0. The van der Waals surface area contributed by atoms with E-state index < -0.39 is 42.5 Å². The van der Waals surface area contributed by atoms with Crippen molar-refractivity contribution in [2.75, 3.05) is 6.61 Å². The molecule has 10 heteroatoms. The lowest BCUT2D eigenvalue weighted by Crippen LogP contribution is -2.54. The first-order valence-corrected chi connectivity index (χ1v) is 8.77. The second-order valence-corrected chi connectivity index (χ2v) is 6.32. The molecular formula is C19H22O10. The fraction of sp³-hybridized carbons (Fsp3) is 0.474. The number of carbonyl (C=O) groups excluding carboxylic acids is 4. The van der Waals surface area contributed by atoms with Gasteiger partial charge in [-0.1, -0.05) is 0 Å². The summed E-state index contributed by atoms with van der Waals surface area (Å²) in [6.07, 6.45) is -3.38. The van der Waals surface area contributed by atoms with Crippen LogP contribution in [0.1, 0.15) is 37.6 Å². The van der Waals surface area contributed by atoms with Crippen LogP contribution in [-0.4, -0.2) is 60.5 Å². The van der Waals surface area contributed by atoms with Crippen LogP contribution in [0.5, 0.6) is 11.5 Å². The second-order valence-electron chi connectivity index (χ2n) is 6.32. The topological polar surface area (TPSA) is 135 Å². The molecule has 1 heterocycles. The number of aromatic hydroxyl groups is 1. The van der Waals surface area contributed by atoms with Crippen molar-refractivity contribution in [3.8, 4) is 11.5 Å². The molecule has 1 aromatic carbocycles. The molecule has 4 atom stereocenters. The van der Waals surface area contributed by atoms with Crippen LogP contribution in [0.25, 0.3) is 0 Å². The minimum atomic E-state index is -1.01. The molecule has 1 aliphatic rings. The van der Waals surface area contributed by atoms with Gasteiger partial charge >= 0.3 is 17.9 Å². The Morgan fingerprint density at radius 2 is 1.83 bits per heavy atom. The summed E-state index contributed by atoms with van der Waals surface area (Å²) in [4.78, 5) is 45.0.